The van der Waals surface area contributed by atoms with Crippen LogP contribution in [0, 0.1) is 0 Å². The topological polar surface area (TPSA) is 126 Å². The van der Waals surface area contributed by atoms with Crippen molar-refractivity contribution in [3.63, 3.8) is 0 Å². The Morgan fingerprint density at radius 3 is 2.62 bits per heavy atom. The van der Waals surface area contributed by atoms with E-state index in [1.54, 1.807) is 0 Å². The molecule has 0 radical (unpaired) electrons. The van der Waals surface area contributed by atoms with Gasteiger partial charge in [0.05, 0.1) is 12.9 Å². The number of ether oxygens (including phenoxy) is 1. The maximum atomic E-state index is 10.2. The van der Waals surface area contributed by atoms with E-state index >= 15 is 0 Å². The number of hydrogen-bond donors (Lipinski definition) is 4. The van der Waals surface area contributed by atoms with Crippen LogP contribution in [0.25, 0.3) is 11.2 Å². The fourth-order valence-corrected chi connectivity index (χ4v) is 3.06. The van der Waals surface area contributed by atoms with Crippen LogP contribution in [-0.4, -0.2) is 59.8 Å². The second-order valence-electron chi connectivity index (χ2n) is 6.11. The average Bonchev–Trinajstić information content (AvgIpc) is 3.23. The van der Waals surface area contributed by atoms with Gasteiger partial charge in [-0.15, -0.1) is 0 Å². The minimum absolute atomic E-state index is 0.389. The van der Waals surface area contributed by atoms with E-state index in [0.717, 1.165) is 5.56 Å². The Morgan fingerprint density at radius 1 is 1.08 bits per heavy atom. The highest BCUT2D eigenvalue weighted by molar-refractivity contribution is 5.82. The molecule has 3 heterocycles. The number of fused-ring (bicyclic) bond motifs is 1. The van der Waals surface area contributed by atoms with E-state index < -0.39 is 24.5 Å². The van der Waals surface area contributed by atoms with Gasteiger partial charge in [0.15, 0.2) is 23.2 Å². The minimum atomic E-state index is -1.19. The van der Waals surface area contributed by atoms with Gasteiger partial charge in [0.1, 0.15) is 24.6 Å². The number of nitrogens with one attached hydrogen (secondary N) is 1. The van der Waals surface area contributed by atoms with Crippen LogP contribution in [-0.2, 0) is 11.3 Å². The molecule has 0 spiro atoms. The molecular weight excluding hydrogens is 338 g/mol. The lowest BCUT2D eigenvalue weighted by Crippen LogP contribution is -2.33. The first-order valence-electron chi connectivity index (χ1n) is 8.27. The number of aliphatic hydroxyl groups is 3. The molecule has 9 nitrogen and oxygen atoms in total. The molecule has 1 unspecified atom stereocenters. The van der Waals surface area contributed by atoms with Crippen molar-refractivity contribution in [2.75, 3.05) is 11.9 Å². The van der Waals surface area contributed by atoms with Crippen molar-refractivity contribution < 1.29 is 20.1 Å². The van der Waals surface area contributed by atoms with Gasteiger partial charge in [-0.05, 0) is 5.56 Å². The van der Waals surface area contributed by atoms with Crippen LogP contribution in [0.4, 0.5) is 5.82 Å². The summed E-state index contributed by atoms with van der Waals surface area (Å²) in [5.41, 5.74) is 2.09. The fraction of sp³-hybridized carbons (Fsp3) is 0.353. The summed E-state index contributed by atoms with van der Waals surface area (Å²) >= 11 is 0. The second-order valence-corrected chi connectivity index (χ2v) is 6.11. The van der Waals surface area contributed by atoms with E-state index in [1.165, 1.54) is 17.2 Å². The number of imidazole rings is 1. The summed E-state index contributed by atoms with van der Waals surface area (Å²) in [5.74, 6) is 0.560. The molecule has 1 aromatic carbocycles. The largest absolute Gasteiger partial charge is 0.394 e. The third kappa shape index (κ3) is 2.90. The third-order valence-electron chi connectivity index (χ3n) is 4.45. The van der Waals surface area contributed by atoms with Crippen LogP contribution in [0.2, 0.25) is 0 Å². The standard InChI is InChI=1S/C17H19N5O4/c23-7-11-13(24)14(25)17(26-11)22-9-21-12-15(19-8-20-16(12)22)18-6-10-4-2-1-3-5-10/h1-5,8-9,11,13-14,17,23-25H,6-7H2,(H,18,19,20)/t11-,13-,14-,17?/m1/s1. The molecule has 4 N–H and O–H groups in total. The third-order valence-corrected chi connectivity index (χ3v) is 4.45. The highest BCUT2D eigenvalue weighted by Gasteiger charge is 2.44. The first-order valence-corrected chi connectivity index (χ1v) is 8.27. The highest BCUT2D eigenvalue weighted by atomic mass is 16.6. The summed E-state index contributed by atoms with van der Waals surface area (Å²) in [6, 6.07) is 9.88. The molecule has 9 heteroatoms. The minimum Gasteiger partial charge on any atom is -0.394 e. The molecule has 0 bridgehead atoms. The Labute approximate surface area is 148 Å². The second kappa shape index (κ2) is 6.96. The zero-order valence-electron chi connectivity index (χ0n) is 13.8. The van der Waals surface area contributed by atoms with E-state index in [1.807, 2.05) is 30.3 Å². The molecule has 1 saturated heterocycles. The van der Waals surface area contributed by atoms with Gasteiger partial charge in [-0.1, -0.05) is 30.3 Å². The molecule has 4 atom stereocenters. The summed E-state index contributed by atoms with van der Waals surface area (Å²) < 4.78 is 7.08. The molecule has 0 saturated carbocycles. The molecule has 2 aromatic heterocycles. The van der Waals surface area contributed by atoms with Crippen LogP contribution in [0.3, 0.4) is 0 Å². The van der Waals surface area contributed by atoms with Crippen LogP contribution in [0.15, 0.2) is 43.0 Å². The summed E-state index contributed by atoms with van der Waals surface area (Å²) in [5, 5.41) is 32.6. The van der Waals surface area contributed by atoms with Gasteiger partial charge in [-0.3, -0.25) is 4.57 Å². The Morgan fingerprint density at radius 2 is 1.88 bits per heavy atom. The number of nitrogens with zero attached hydrogens (tertiary/aromatic N) is 4. The molecular formula is C17H19N5O4. The highest BCUT2D eigenvalue weighted by Crippen LogP contribution is 2.32. The zero-order chi connectivity index (χ0) is 18.1. The quantitative estimate of drug-likeness (QED) is 0.505. The van der Waals surface area contributed by atoms with E-state index in [-0.39, 0.29) is 6.61 Å². The zero-order valence-corrected chi connectivity index (χ0v) is 13.8. The maximum Gasteiger partial charge on any atom is 0.167 e. The van der Waals surface area contributed by atoms with Crippen LogP contribution < -0.4 is 5.32 Å². The van der Waals surface area contributed by atoms with Gasteiger partial charge in [-0.2, -0.15) is 0 Å². The van der Waals surface area contributed by atoms with E-state index in [0.29, 0.717) is 23.5 Å². The molecule has 26 heavy (non-hydrogen) atoms. The summed E-state index contributed by atoms with van der Waals surface area (Å²) in [7, 11) is 0. The molecule has 0 amide bonds. The van der Waals surface area contributed by atoms with Crippen LogP contribution in [0.1, 0.15) is 11.8 Å². The smallest absolute Gasteiger partial charge is 0.167 e. The summed E-state index contributed by atoms with van der Waals surface area (Å²) in [4.78, 5) is 12.8. The van der Waals surface area contributed by atoms with Gasteiger partial charge in [0.25, 0.3) is 0 Å². The monoisotopic (exact) mass is 357 g/mol. The van der Waals surface area contributed by atoms with Crippen molar-refractivity contribution in [3.8, 4) is 0 Å². The van der Waals surface area contributed by atoms with Crippen molar-refractivity contribution >= 4 is 17.0 Å². The van der Waals surface area contributed by atoms with Gasteiger partial charge in [-0.25, -0.2) is 15.0 Å². The Balaban J connectivity index is 1.61. The van der Waals surface area contributed by atoms with E-state index in [9.17, 15) is 15.3 Å². The number of hydrogen-bond acceptors (Lipinski definition) is 8. The lowest BCUT2D eigenvalue weighted by molar-refractivity contribution is -0.0511. The molecule has 4 rings (SSSR count). The van der Waals surface area contributed by atoms with Crippen molar-refractivity contribution in [3.05, 3.63) is 48.5 Å². The number of aromatic nitrogens is 4. The van der Waals surface area contributed by atoms with Gasteiger partial charge in [0.2, 0.25) is 0 Å². The Bertz CT molecular complexity index is 887. The van der Waals surface area contributed by atoms with E-state index in [4.69, 9.17) is 4.74 Å². The molecule has 136 valence electrons. The van der Waals surface area contributed by atoms with Gasteiger partial charge in [0, 0.05) is 6.54 Å². The normalized spacial score (nSPS) is 25.7. The molecule has 0 aliphatic carbocycles. The van der Waals surface area contributed by atoms with Crippen LogP contribution in [0.5, 0.6) is 0 Å². The summed E-state index contributed by atoms with van der Waals surface area (Å²) in [6.07, 6.45) is -1.24. The molecule has 1 aliphatic rings. The Hall–Kier alpha value is -2.59. The first-order chi connectivity index (χ1) is 12.7. The average molecular weight is 357 g/mol. The summed E-state index contributed by atoms with van der Waals surface area (Å²) in [6.45, 7) is 0.188. The number of rotatable bonds is 5. The van der Waals surface area contributed by atoms with E-state index in [2.05, 4.69) is 20.3 Å². The first kappa shape index (κ1) is 16.9. The number of anilines is 1. The maximum absolute atomic E-state index is 10.2. The molecule has 1 fully saturated rings. The van der Waals surface area contributed by atoms with Gasteiger partial charge >= 0.3 is 0 Å². The lowest BCUT2D eigenvalue weighted by atomic mass is 10.1. The van der Waals surface area contributed by atoms with Crippen molar-refractivity contribution in [1.29, 1.82) is 0 Å². The van der Waals surface area contributed by atoms with Crippen molar-refractivity contribution in [2.24, 2.45) is 0 Å². The molecule has 1 aliphatic heterocycles. The van der Waals surface area contributed by atoms with Gasteiger partial charge < -0.3 is 25.4 Å². The predicted molar refractivity (Wildman–Crippen MR) is 92.1 cm³/mol. The van der Waals surface area contributed by atoms with Crippen molar-refractivity contribution in [2.45, 2.75) is 31.1 Å². The lowest BCUT2D eigenvalue weighted by Gasteiger charge is -2.16. The van der Waals surface area contributed by atoms with Crippen molar-refractivity contribution in [1.82, 2.24) is 19.5 Å². The number of aliphatic hydroxyl groups excluding tert-OH is 3. The predicted octanol–water partition coefficient (Wildman–Crippen LogP) is 0.0499. The molecule has 3 aromatic rings. The number of benzene rings is 1. The SMILES string of the molecule is OC[C@H]1OC(n2cnc3c(NCc4ccccc4)ncnc32)[C@H](O)[C@@H]1O. The Kier molecular flexibility index (Phi) is 4.51. The van der Waals surface area contributed by atoms with Crippen LogP contribution >= 0.6 is 0 Å². The fourth-order valence-electron chi connectivity index (χ4n) is 3.06.